The van der Waals surface area contributed by atoms with E-state index in [0.717, 1.165) is 53.6 Å². The quantitative estimate of drug-likeness (QED) is 0.322. The molecule has 3 aromatic rings. The van der Waals surface area contributed by atoms with Crippen LogP contribution in [0.15, 0.2) is 54.7 Å². The van der Waals surface area contributed by atoms with Gasteiger partial charge in [0.15, 0.2) is 0 Å². The molecule has 1 fully saturated rings. The minimum absolute atomic E-state index is 0.0247. The molecular weight excluding hydrogens is 444 g/mol. The number of likely N-dealkylation sites (N-methyl/N-ethyl adjacent to an activating group) is 1. The molecular formula is C27H34N4O4. The van der Waals surface area contributed by atoms with Crippen LogP contribution in [0.2, 0.25) is 0 Å². The number of hydrogen-bond donors (Lipinski definition) is 2. The third-order valence-corrected chi connectivity index (χ3v) is 6.29. The van der Waals surface area contributed by atoms with Crippen molar-refractivity contribution >= 4 is 16.8 Å². The van der Waals surface area contributed by atoms with E-state index in [4.69, 9.17) is 9.47 Å². The minimum Gasteiger partial charge on any atom is -0.508 e. The van der Waals surface area contributed by atoms with E-state index in [9.17, 15) is 9.90 Å². The van der Waals surface area contributed by atoms with Crippen molar-refractivity contribution < 1.29 is 19.4 Å². The number of methoxy groups -OCH3 is 1. The Morgan fingerprint density at radius 3 is 2.69 bits per heavy atom. The van der Waals surface area contributed by atoms with Gasteiger partial charge >= 0.3 is 0 Å². The summed E-state index contributed by atoms with van der Waals surface area (Å²) >= 11 is 0. The number of rotatable bonds is 11. The first-order chi connectivity index (χ1) is 16.9. The monoisotopic (exact) mass is 478 g/mol. The Morgan fingerprint density at radius 2 is 1.97 bits per heavy atom. The highest BCUT2D eigenvalue weighted by Gasteiger charge is 2.37. The van der Waals surface area contributed by atoms with E-state index in [2.05, 4.69) is 10.2 Å². The minimum atomic E-state index is 0.0247. The molecule has 186 valence electrons. The number of nitrogens with zero attached hydrogens (tertiary/aromatic N) is 3. The molecule has 0 bridgehead atoms. The summed E-state index contributed by atoms with van der Waals surface area (Å²) in [7, 11) is 5.64. The van der Waals surface area contributed by atoms with E-state index >= 15 is 0 Å². The lowest BCUT2D eigenvalue weighted by Crippen LogP contribution is -2.51. The number of carbonyl (C=O) groups is 1. The summed E-state index contributed by atoms with van der Waals surface area (Å²) in [5, 5.41) is 17.8. The maximum absolute atomic E-state index is 12.9. The summed E-state index contributed by atoms with van der Waals surface area (Å²) in [5.74, 6) is 1.04. The third-order valence-electron chi connectivity index (χ3n) is 6.29. The summed E-state index contributed by atoms with van der Waals surface area (Å²) in [6.07, 6.45) is 7.75. The van der Waals surface area contributed by atoms with E-state index in [1.807, 2.05) is 54.2 Å². The fourth-order valence-corrected chi connectivity index (χ4v) is 4.32. The highest BCUT2D eigenvalue weighted by atomic mass is 16.5. The Kier molecular flexibility index (Phi) is 8.05. The molecule has 4 rings (SSSR count). The number of aromatic amines is 1. The van der Waals surface area contributed by atoms with Crippen LogP contribution in [0, 0.1) is 0 Å². The molecule has 2 aromatic carbocycles. The zero-order valence-corrected chi connectivity index (χ0v) is 20.6. The largest absolute Gasteiger partial charge is 0.508 e. The molecule has 1 aliphatic carbocycles. The Morgan fingerprint density at radius 1 is 1.20 bits per heavy atom. The molecule has 0 saturated heterocycles. The second-order valence-electron chi connectivity index (χ2n) is 9.26. The van der Waals surface area contributed by atoms with Gasteiger partial charge in [-0.3, -0.25) is 9.89 Å². The van der Waals surface area contributed by atoms with Gasteiger partial charge in [0.1, 0.15) is 17.6 Å². The van der Waals surface area contributed by atoms with Gasteiger partial charge in [-0.15, -0.1) is 0 Å². The Balaban J connectivity index is 1.45. The standard InChI is InChI=1S/C27H34N4O4/c1-30(2)11-4-6-27(33)31(12-5-13-34-3)21-16-23(17-21)35-26-15-20(14-25-24(26)18-28-29-25)19-7-9-22(32)10-8-19/h4,6-10,14-15,18,21,23,32H,5,11-13,16-17H2,1-3H3,(H,28,29)/b6-4+. The number of benzene rings is 2. The summed E-state index contributed by atoms with van der Waals surface area (Å²) in [4.78, 5) is 16.9. The zero-order valence-electron chi connectivity index (χ0n) is 20.6. The fourth-order valence-electron chi connectivity index (χ4n) is 4.32. The van der Waals surface area contributed by atoms with Crippen LogP contribution in [0.1, 0.15) is 19.3 Å². The van der Waals surface area contributed by atoms with Gasteiger partial charge in [-0.1, -0.05) is 18.2 Å². The van der Waals surface area contributed by atoms with Crippen molar-refractivity contribution in [3.05, 3.63) is 54.7 Å². The van der Waals surface area contributed by atoms with Crippen LogP contribution >= 0.6 is 0 Å². The molecule has 35 heavy (non-hydrogen) atoms. The summed E-state index contributed by atoms with van der Waals surface area (Å²) in [5.41, 5.74) is 2.86. The Bertz CT molecular complexity index is 1150. The number of carbonyl (C=O) groups excluding carboxylic acids is 1. The normalized spacial score (nSPS) is 17.7. The molecule has 0 atom stereocenters. The number of nitrogens with one attached hydrogen (secondary N) is 1. The predicted molar refractivity (Wildman–Crippen MR) is 137 cm³/mol. The highest BCUT2D eigenvalue weighted by Crippen LogP contribution is 2.36. The van der Waals surface area contributed by atoms with E-state index in [-0.39, 0.29) is 23.8 Å². The zero-order chi connectivity index (χ0) is 24.8. The van der Waals surface area contributed by atoms with Crippen LogP contribution in [-0.4, -0.2) is 84.1 Å². The van der Waals surface area contributed by atoms with Gasteiger partial charge in [0.2, 0.25) is 5.91 Å². The van der Waals surface area contributed by atoms with Crippen LogP contribution in [0.5, 0.6) is 11.5 Å². The molecule has 8 nitrogen and oxygen atoms in total. The molecule has 1 aliphatic rings. The lowest BCUT2D eigenvalue weighted by molar-refractivity contribution is -0.132. The second kappa shape index (κ2) is 11.4. The number of H-pyrrole nitrogens is 1. The first kappa shape index (κ1) is 24.8. The van der Waals surface area contributed by atoms with Crippen LogP contribution in [0.25, 0.3) is 22.0 Å². The van der Waals surface area contributed by atoms with Crippen molar-refractivity contribution in [2.45, 2.75) is 31.4 Å². The number of ether oxygens (including phenoxy) is 2. The molecule has 2 N–H and O–H groups in total. The van der Waals surface area contributed by atoms with Crippen molar-refractivity contribution in [1.29, 1.82) is 0 Å². The molecule has 0 spiro atoms. The number of amides is 1. The van der Waals surface area contributed by atoms with E-state index in [1.165, 1.54) is 0 Å². The van der Waals surface area contributed by atoms with Gasteiger partial charge < -0.3 is 24.4 Å². The van der Waals surface area contributed by atoms with Crippen molar-refractivity contribution in [3.63, 3.8) is 0 Å². The molecule has 8 heteroatoms. The second-order valence-corrected chi connectivity index (χ2v) is 9.26. The first-order valence-corrected chi connectivity index (χ1v) is 12.0. The van der Waals surface area contributed by atoms with Gasteiger partial charge in [0.05, 0.1) is 17.1 Å². The van der Waals surface area contributed by atoms with Gasteiger partial charge in [-0.25, -0.2) is 0 Å². The highest BCUT2D eigenvalue weighted by molar-refractivity contribution is 5.90. The lowest BCUT2D eigenvalue weighted by atomic mass is 9.87. The maximum atomic E-state index is 12.9. The number of phenols is 1. The first-order valence-electron chi connectivity index (χ1n) is 12.0. The van der Waals surface area contributed by atoms with E-state index < -0.39 is 0 Å². The lowest BCUT2D eigenvalue weighted by Gasteiger charge is -2.42. The molecule has 0 radical (unpaired) electrons. The van der Waals surface area contributed by atoms with E-state index in [1.54, 1.807) is 31.5 Å². The average molecular weight is 479 g/mol. The summed E-state index contributed by atoms with van der Waals surface area (Å²) in [6.45, 7) is 2.02. The van der Waals surface area contributed by atoms with Crippen molar-refractivity contribution in [3.8, 4) is 22.6 Å². The van der Waals surface area contributed by atoms with Crippen molar-refractivity contribution in [2.75, 3.05) is 40.9 Å². The summed E-state index contributed by atoms with van der Waals surface area (Å²) in [6, 6.07) is 11.3. The molecule has 0 aliphatic heterocycles. The molecule has 1 heterocycles. The van der Waals surface area contributed by atoms with Crippen LogP contribution < -0.4 is 4.74 Å². The van der Waals surface area contributed by atoms with Gasteiger partial charge in [-0.2, -0.15) is 5.10 Å². The Hall–Kier alpha value is -3.36. The topological polar surface area (TPSA) is 90.9 Å². The SMILES string of the molecule is COCCCN(C(=O)/C=C/CN(C)C)C1CC(Oc2cc(-c3ccc(O)cc3)cc3[nH]ncc23)C1. The van der Waals surface area contributed by atoms with Gasteiger partial charge in [0, 0.05) is 51.8 Å². The van der Waals surface area contributed by atoms with Crippen LogP contribution in [0.3, 0.4) is 0 Å². The van der Waals surface area contributed by atoms with Crippen LogP contribution in [0.4, 0.5) is 0 Å². The van der Waals surface area contributed by atoms with Crippen molar-refractivity contribution in [1.82, 2.24) is 20.0 Å². The number of hydrogen-bond acceptors (Lipinski definition) is 6. The average Bonchev–Trinajstić information content (AvgIpc) is 3.28. The number of aromatic hydroxyl groups is 1. The number of aromatic nitrogens is 2. The van der Waals surface area contributed by atoms with Gasteiger partial charge in [-0.05, 0) is 55.9 Å². The van der Waals surface area contributed by atoms with Crippen LogP contribution in [-0.2, 0) is 9.53 Å². The fraction of sp³-hybridized carbons (Fsp3) is 0.407. The molecule has 0 unspecified atom stereocenters. The van der Waals surface area contributed by atoms with E-state index in [0.29, 0.717) is 13.2 Å². The predicted octanol–water partition coefficient (Wildman–Crippen LogP) is 3.83. The maximum Gasteiger partial charge on any atom is 0.246 e. The van der Waals surface area contributed by atoms with Gasteiger partial charge in [0.25, 0.3) is 0 Å². The molecule has 1 amide bonds. The van der Waals surface area contributed by atoms with Crippen molar-refractivity contribution in [2.24, 2.45) is 0 Å². The summed E-state index contributed by atoms with van der Waals surface area (Å²) < 4.78 is 11.6. The third kappa shape index (κ3) is 6.21. The number of fused-ring (bicyclic) bond motifs is 1. The number of phenolic OH excluding ortho intramolecular Hbond substituents is 1. The molecule has 1 saturated carbocycles. The smallest absolute Gasteiger partial charge is 0.246 e. The molecule has 1 aromatic heterocycles. The Labute approximate surface area is 206 Å².